The van der Waals surface area contributed by atoms with Crippen molar-refractivity contribution in [1.29, 1.82) is 0 Å². The zero-order valence-corrected chi connectivity index (χ0v) is 17.5. The van der Waals surface area contributed by atoms with Crippen LogP contribution in [0.25, 0.3) is 0 Å². The molecular formula is C23H28O7. The van der Waals surface area contributed by atoms with E-state index in [0.29, 0.717) is 26.4 Å². The standard InChI is InChI=1S/C23H28O7/c1-24-18-8-4-16(5-9-18)12-27-14-23-15-29-20(22(26-3)30-23)21(23)28-13-17-6-10-19(25-2)11-7-17/h4-11,20-22H,12-15H2,1-3H3/t20?,21-,22-,23+/m1/s1. The minimum Gasteiger partial charge on any atom is -0.497 e. The first-order valence-electron chi connectivity index (χ1n) is 9.95. The highest BCUT2D eigenvalue weighted by Gasteiger charge is 2.63. The van der Waals surface area contributed by atoms with Gasteiger partial charge in [0.15, 0.2) is 6.29 Å². The topological polar surface area (TPSA) is 64.6 Å². The number of benzene rings is 2. The van der Waals surface area contributed by atoms with E-state index in [4.69, 9.17) is 33.2 Å². The minimum absolute atomic E-state index is 0.277. The molecule has 2 heterocycles. The van der Waals surface area contributed by atoms with Gasteiger partial charge in [-0.05, 0) is 35.4 Å². The maximum absolute atomic E-state index is 6.25. The Bertz CT molecular complexity index is 807. The van der Waals surface area contributed by atoms with Crippen molar-refractivity contribution in [1.82, 2.24) is 0 Å². The molecule has 0 aliphatic carbocycles. The van der Waals surface area contributed by atoms with Crippen LogP contribution in [0.15, 0.2) is 48.5 Å². The highest BCUT2D eigenvalue weighted by Crippen LogP contribution is 2.43. The van der Waals surface area contributed by atoms with Gasteiger partial charge in [-0.25, -0.2) is 0 Å². The Morgan fingerprint density at radius 3 is 2.03 bits per heavy atom. The van der Waals surface area contributed by atoms with Gasteiger partial charge >= 0.3 is 0 Å². The Balaban J connectivity index is 1.38. The molecule has 2 saturated heterocycles. The summed E-state index contributed by atoms with van der Waals surface area (Å²) in [6, 6.07) is 15.6. The Hall–Kier alpha value is -2.16. The largest absolute Gasteiger partial charge is 0.497 e. The normalized spacial score (nSPS) is 27.4. The van der Waals surface area contributed by atoms with Gasteiger partial charge in [-0.1, -0.05) is 24.3 Å². The summed E-state index contributed by atoms with van der Waals surface area (Å²) >= 11 is 0. The molecular weight excluding hydrogens is 388 g/mol. The van der Waals surface area contributed by atoms with Gasteiger partial charge in [0, 0.05) is 7.11 Å². The summed E-state index contributed by atoms with van der Waals surface area (Å²) in [5, 5.41) is 0. The van der Waals surface area contributed by atoms with Crippen molar-refractivity contribution in [2.75, 3.05) is 34.5 Å². The van der Waals surface area contributed by atoms with Crippen molar-refractivity contribution in [3.8, 4) is 11.5 Å². The van der Waals surface area contributed by atoms with Gasteiger partial charge in [0.05, 0.1) is 40.6 Å². The lowest BCUT2D eigenvalue weighted by Gasteiger charge is -2.30. The van der Waals surface area contributed by atoms with Crippen molar-refractivity contribution in [3.63, 3.8) is 0 Å². The lowest BCUT2D eigenvalue weighted by atomic mass is 10.00. The quantitative estimate of drug-likeness (QED) is 0.590. The first-order chi connectivity index (χ1) is 14.7. The molecule has 7 nitrogen and oxygen atoms in total. The number of fused-ring (bicyclic) bond motifs is 2. The summed E-state index contributed by atoms with van der Waals surface area (Å²) in [7, 11) is 4.91. The molecule has 0 amide bonds. The van der Waals surface area contributed by atoms with Crippen LogP contribution in [0, 0.1) is 0 Å². The van der Waals surface area contributed by atoms with E-state index in [9.17, 15) is 0 Å². The molecule has 2 aromatic rings. The molecule has 0 saturated carbocycles. The monoisotopic (exact) mass is 416 g/mol. The smallest absolute Gasteiger partial charge is 0.187 e. The Morgan fingerprint density at radius 2 is 1.47 bits per heavy atom. The summed E-state index contributed by atoms with van der Waals surface area (Å²) in [4.78, 5) is 0. The third-order valence-corrected chi connectivity index (χ3v) is 5.55. The molecule has 0 radical (unpaired) electrons. The number of methoxy groups -OCH3 is 3. The molecule has 2 fully saturated rings. The number of hydrogen-bond acceptors (Lipinski definition) is 7. The maximum Gasteiger partial charge on any atom is 0.187 e. The van der Waals surface area contributed by atoms with E-state index < -0.39 is 11.9 Å². The van der Waals surface area contributed by atoms with Gasteiger partial charge in [0.25, 0.3) is 0 Å². The average molecular weight is 416 g/mol. The molecule has 162 valence electrons. The highest BCUT2D eigenvalue weighted by molar-refractivity contribution is 5.27. The first-order valence-corrected chi connectivity index (χ1v) is 9.95. The molecule has 30 heavy (non-hydrogen) atoms. The van der Waals surface area contributed by atoms with Crippen LogP contribution in [-0.4, -0.2) is 58.6 Å². The van der Waals surface area contributed by atoms with Gasteiger partial charge < -0.3 is 33.2 Å². The van der Waals surface area contributed by atoms with E-state index in [1.165, 1.54) is 0 Å². The fraction of sp³-hybridized carbons (Fsp3) is 0.478. The minimum atomic E-state index is -0.690. The van der Waals surface area contributed by atoms with Crippen LogP contribution in [0.1, 0.15) is 11.1 Å². The molecule has 0 spiro atoms. The van der Waals surface area contributed by atoms with Gasteiger partial charge in [-0.3, -0.25) is 0 Å². The average Bonchev–Trinajstić information content (AvgIpc) is 3.30. The summed E-state index contributed by atoms with van der Waals surface area (Å²) < 4.78 is 40.2. The molecule has 7 heteroatoms. The third-order valence-electron chi connectivity index (χ3n) is 5.55. The SMILES string of the molecule is COc1ccc(COC[C@@]23COC([C@H](OC)O2)[C@H]3OCc2ccc(OC)cc2)cc1. The molecule has 2 aliphatic rings. The van der Waals surface area contributed by atoms with Crippen LogP contribution in [0.3, 0.4) is 0 Å². The molecule has 4 atom stereocenters. The molecule has 0 aromatic heterocycles. The van der Waals surface area contributed by atoms with Crippen LogP contribution in [0.2, 0.25) is 0 Å². The zero-order chi connectivity index (χ0) is 21.0. The second kappa shape index (κ2) is 9.32. The number of hydrogen-bond donors (Lipinski definition) is 0. The summed E-state index contributed by atoms with van der Waals surface area (Å²) in [6.07, 6.45) is -1.03. The van der Waals surface area contributed by atoms with E-state index in [1.54, 1.807) is 21.3 Å². The second-order valence-electron chi connectivity index (χ2n) is 7.48. The predicted molar refractivity (Wildman–Crippen MR) is 109 cm³/mol. The first kappa shape index (κ1) is 21.1. The lowest BCUT2D eigenvalue weighted by molar-refractivity contribution is -0.246. The van der Waals surface area contributed by atoms with Crippen molar-refractivity contribution in [3.05, 3.63) is 59.7 Å². The molecule has 2 aromatic carbocycles. The number of rotatable bonds is 10. The van der Waals surface area contributed by atoms with Crippen LogP contribution in [-0.2, 0) is 36.9 Å². The maximum atomic E-state index is 6.25. The fourth-order valence-electron chi connectivity index (χ4n) is 3.88. The second-order valence-corrected chi connectivity index (χ2v) is 7.48. The van der Waals surface area contributed by atoms with Gasteiger partial charge in [0.2, 0.25) is 0 Å². The third kappa shape index (κ3) is 4.31. The Kier molecular flexibility index (Phi) is 6.55. The van der Waals surface area contributed by atoms with E-state index >= 15 is 0 Å². The molecule has 2 bridgehead atoms. The van der Waals surface area contributed by atoms with E-state index in [1.807, 2.05) is 48.5 Å². The van der Waals surface area contributed by atoms with Gasteiger partial charge in [-0.15, -0.1) is 0 Å². The van der Waals surface area contributed by atoms with Crippen LogP contribution < -0.4 is 9.47 Å². The van der Waals surface area contributed by atoms with Crippen LogP contribution in [0.5, 0.6) is 11.5 Å². The Labute approximate surface area is 176 Å². The Morgan fingerprint density at radius 1 is 0.867 bits per heavy atom. The van der Waals surface area contributed by atoms with E-state index in [-0.39, 0.29) is 12.2 Å². The van der Waals surface area contributed by atoms with Crippen molar-refractivity contribution in [2.45, 2.75) is 37.3 Å². The van der Waals surface area contributed by atoms with Crippen LogP contribution >= 0.6 is 0 Å². The molecule has 0 N–H and O–H groups in total. The van der Waals surface area contributed by atoms with E-state index in [2.05, 4.69) is 0 Å². The van der Waals surface area contributed by atoms with Crippen molar-refractivity contribution < 1.29 is 33.2 Å². The summed E-state index contributed by atoms with van der Waals surface area (Å²) in [6.45, 7) is 1.66. The highest BCUT2D eigenvalue weighted by atomic mass is 16.8. The summed E-state index contributed by atoms with van der Waals surface area (Å²) in [5.41, 5.74) is 1.41. The van der Waals surface area contributed by atoms with Gasteiger partial charge in [0.1, 0.15) is 29.3 Å². The number of ether oxygens (including phenoxy) is 7. The van der Waals surface area contributed by atoms with Gasteiger partial charge in [-0.2, -0.15) is 0 Å². The zero-order valence-electron chi connectivity index (χ0n) is 17.5. The van der Waals surface area contributed by atoms with Crippen LogP contribution in [0.4, 0.5) is 0 Å². The van der Waals surface area contributed by atoms with E-state index in [0.717, 1.165) is 22.6 Å². The molecule has 2 aliphatic heterocycles. The molecule has 1 unspecified atom stereocenters. The summed E-state index contributed by atoms with van der Waals surface area (Å²) in [5.74, 6) is 1.63. The fourth-order valence-corrected chi connectivity index (χ4v) is 3.88. The molecule has 4 rings (SSSR count). The van der Waals surface area contributed by atoms with Crippen molar-refractivity contribution >= 4 is 0 Å². The van der Waals surface area contributed by atoms with Crippen molar-refractivity contribution in [2.24, 2.45) is 0 Å². The lowest BCUT2D eigenvalue weighted by Crippen LogP contribution is -2.46. The predicted octanol–water partition coefficient (Wildman–Crippen LogP) is 2.95.